The summed E-state index contributed by atoms with van der Waals surface area (Å²) in [4.78, 5) is 26.1. The lowest BCUT2D eigenvalue weighted by Crippen LogP contribution is -2.40. The van der Waals surface area contributed by atoms with E-state index in [1.54, 1.807) is 11.8 Å². The largest absolute Gasteiger partial charge is 0.342 e. The van der Waals surface area contributed by atoms with E-state index in [0.29, 0.717) is 11.7 Å². The number of hydrogen-bond acceptors (Lipinski definition) is 3. The van der Waals surface area contributed by atoms with E-state index in [4.69, 9.17) is 0 Å². The van der Waals surface area contributed by atoms with Crippen molar-refractivity contribution < 1.29 is 9.59 Å². The number of amides is 2. The summed E-state index contributed by atoms with van der Waals surface area (Å²) in [6.45, 7) is 5.47. The van der Waals surface area contributed by atoms with E-state index in [-0.39, 0.29) is 11.8 Å². The van der Waals surface area contributed by atoms with Gasteiger partial charge in [0.15, 0.2) is 0 Å². The lowest BCUT2D eigenvalue weighted by molar-refractivity contribution is -0.130. The molecule has 1 aromatic carbocycles. The molecule has 0 radical (unpaired) electrons. The summed E-state index contributed by atoms with van der Waals surface area (Å²) < 4.78 is 0. The first-order chi connectivity index (χ1) is 10.0. The van der Waals surface area contributed by atoms with Crippen LogP contribution in [0.25, 0.3) is 0 Å². The predicted octanol–water partition coefficient (Wildman–Crippen LogP) is 3.00. The van der Waals surface area contributed by atoms with Gasteiger partial charge in [-0.05, 0) is 43.0 Å². The Morgan fingerprint density at radius 3 is 2.67 bits per heavy atom. The minimum Gasteiger partial charge on any atom is -0.342 e. The number of carbonyl (C=O) groups is 2. The van der Waals surface area contributed by atoms with Crippen LogP contribution in [0.1, 0.15) is 26.7 Å². The highest BCUT2D eigenvalue weighted by Gasteiger charge is 2.20. The average Bonchev–Trinajstić information content (AvgIpc) is 2.45. The van der Waals surface area contributed by atoms with Crippen LogP contribution < -0.4 is 5.32 Å². The fourth-order valence-electron chi connectivity index (χ4n) is 2.49. The fraction of sp³-hybridized carbons (Fsp3) is 0.500. The maximum Gasteiger partial charge on any atom is 0.232 e. The molecule has 2 rings (SSSR count). The second-order valence-electron chi connectivity index (χ2n) is 5.58. The van der Waals surface area contributed by atoms with Crippen molar-refractivity contribution in [2.24, 2.45) is 5.92 Å². The second kappa shape index (κ2) is 7.50. The Morgan fingerprint density at radius 1 is 1.33 bits per heavy atom. The zero-order valence-corrected chi connectivity index (χ0v) is 13.4. The molecule has 0 bridgehead atoms. The van der Waals surface area contributed by atoms with Crippen LogP contribution in [0.2, 0.25) is 0 Å². The Morgan fingerprint density at radius 2 is 2.05 bits per heavy atom. The summed E-state index contributed by atoms with van der Waals surface area (Å²) in [5, 5.41) is 2.73. The van der Waals surface area contributed by atoms with Gasteiger partial charge in [-0.3, -0.25) is 9.59 Å². The van der Waals surface area contributed by atoms with Gasteiger partial charge in [-0.2, -0.15) is 0 Å². The third-order valence-electron chi connectivity index (χ3n) is 3.55. The van der Waals surface area contributed by atoms with Crippen LogP contribution >= 0.6 is 11.8 Å². The highest BCUT2D eigenvalue weighted by molar-refractivity contribution is 8.00. The zero-order valence-electron chi connectivity index (χ0n) is 12.6. The lowest BCUT2D eigenvalue weighted by atomic mass is 10.0. The molecule has 1 saturated heterocycles. The van der Waals surface area contributed by atoms with Crippen LogP contribution in [0.4, 0.5) is 5.69 Å². The van der Waals surface area contributed by atoms with Gasteiger partial charge in [-0.1, -0.05) is 6.92 Å². The predicted molar refractivity (Wildman–Crippen MR) is 86.4 cm³/mol. The molecule has 1 fully saturated rings. The van der Waals surface area contributed by atoms with Gasteiger partial charge in [0.1, 0.15) is 0 Å². The van der Waals surface area contributed by atoms with Gasteiger partial charge in [-0.15, -0.1) is 11.8 Å². The standard InChI is InChI=1S/C16H22N2O2S/c1-12-4-3-9-18(10-12)16(20)11-21-15-7-5-14(6-8-15)17-13(2)19/h5-8,12H,3-4,9-11H2,1-2H3,(H,17,19)/t12-/m0/s1. The Bertz CT molecular complexity index is 502. The number of carbonyl (C=O) groups excluding carboxylic acids is 2. The average molecular weight is 306 g/mol. The van der Waals surface area contributed by atoms with Crippen LogP contribution in [-0.2, 0) is 9.59 Å². The fourth-order valence-corrected chi connectivity index (χ4v) is 3.29. The Balaban J connectivity index is 1.82. The van der Waals surface area contributed by atoms with Gasteiger partial charge in [0, 0.05) is 30.6 Å². The van der Waals surface area contributed by atoms with Crippen LogP contribution in [0, 0.1) is 5.92 Å². The van der Waals surface area contributed by atoms with Crippen LogP contribution in [0.3, 0.4) is 0 Å². The molecule has 0 saturated carbocycles. The lowest BCUT2D eigenvalue weighted by Gasteiger charge is -2.30. The van der Waals surface area contributed by atoms with E-state index >= 15 is 0 Å². The number of rotatable bonds is 4. The summed E-state index contributed by atoms with van der Waals surface area (Å²) in [5.74, 6) is 1.23. The molecule has 1 aromatic rings. The molecule has 114 valence electrons. The molecule has 1 N–H and O–H groups in total. The van der Waals surface area contributed by atoms with E-state index in [0.717, 1.165) is 30.1 Å². The molecule has 4 nitrogen and oxygen atoms in total. The molecule has 0 unspecified atom stereocenters. The van der Waals surface area contributed by atoms with Crippen LogP contribution in [-0.4, -0.2) is 35.6 Å². The maximum atomic E-state index is 12.2. The van der Waals surface area contributed by atoms with E-state index in [1.165, 1.54) is 13.3 Å². The zero-order chi connectivity index (χ0) is 15.2. The van der Waals surface area contributed by atoms with Gasteiger partial charge in [0.05, 0.1) is 5.75 Å². The minimum absolute atomic E-state index is 0.0789. The van der Waals surface area contributed by atoms with Gasteiger partial charge in [0.2, 0.25) is 11.8 Å². The first-order valence-electron chi connectivity index (χ1n) is 7.33. The molecule has 0 spiro atoms. The smallest absolute Gasteiger partial charge is 0.232 e. The molecule has 0 aliphatic carbocycles. The monoisotopic (exact) mass is 306 g/mol. The summed E-state index contributed by atoms with van der Waals surface area (Å²) in [5.41, 5.74) is 0.781. The molecular weight excluding hydrogens is 284 g/mol. The number of nitrogens with zero attached hydrogens (tertiary/aromatic N) is 1. The molecule has 1 aliphatic heterocycles. The van der Waals surface area contributed by atoms with Crippen molar-refractivity contribution in [3.8, 4) is 0 Å². The van der Waals surface area contributed by atoms with Crippen LogP contribution in [0.15, 0.2) is 29.2 Å². The van der Waals surface area contributed by atoms with Crippen molar-refractivity contribution in [2.75, 3.05) is 24.2 Å². The number of nitrogens with one attached hydrogen (secondary N) is 1. The minimum atomic E-state index is -0.0789. The molecule has 0 aromatic heterocycles. The maximum absolute atomic E-state index is 12.2. The number of thioether (sulfide) groups is 1. The van der Waals surface area contributed by atoms with Crippen molar-refractivity contribution in [3.05, 3.63) is 24.3 Å². The highest BCUT2D eigenvalue weighted by atomic mass is 32.2. The van der Waals surface area contributed by atoms with Crippen molar-refractivity contribution in [2.45, 2.75) is 31.6 Å². The molecule has 1 aliphatic rings. The molecule has 2 amide bonds. The highest BCUT2D eigenvalue weighted by Crippen LogP contribution is 2.22. The molecule has 1 heterocycles. The summed E-state index contributed by atoms with van der Waals surface area (Å²) in [6, 6.07) is 7.58. The number of anilines is 1. The first-order valence-corrected chi connectivity index (χ1v) is 8.31. The van der Waals surface area contributed by atoms with Crippen molar-refractivity contribution in [1.82, 2.24) is 4.90 Å². The summed E-state index contributed by atoms with van der Waals surface area (Å²) in [7, 11) is 0. The Labute approximate surface area is 130 Å². The number of likely N-dealkylation sites (tertiary alicyclic amines) is 1. The Kier molecular flexibility index (Phi) is 5.67. The molecule has 21 heavy (non-hydrogen) atoms. The third kappa shape index (κ3) is 5.08. The summed E-state index contributed by atoms with van der Waals surface area (Å²) >= 11 is 1.55. The molecule has 1 atom stereocenters. The van der Waals surface area contributed by atoms with E-state index < -0.39 is 0 Å². The van der Waals surface area contributed by atoms with Crippen molar-refractivity contribution >= 4 is 29.3 Å². The van der Waals surface area contributed by atoms with Crippen molar-refractivity contribution in [3.63, 3.8) is 0 Å². The first kappa shape index (κ1) is 15.9. The van der Waals surface area contributed by atoms with Gasteiger partial charge in [0.25, 0.3) is 0 Å². The second-order valence-corrected chi connectivity index (χ2v) is 6.63. The number of benzene rings is 1. The van der Waals surface area contributed by atoms with Gasteiger partial charge >= 0.3 is 0 Å². The third-order valence-corrected chi connectivity index (χ3v) is 4.54. The number of piperidine rings is 1. The molecule has 5 heteroatoms. The topological polar surface area (TPSA) is 49.4 Å². The van der Waals surface area contributed by atoms with E-state index in [2.05, 4.69) is 12.2 Å². The Hall–Kier alpha value is -1.49. The van der Waals surface area contributed by atoms with E-state index in [9.17, 15) is 9.59 Å². The van der Waals surface area contributed by atoms with E-state index in [1.807, 2.05) is 29.2 Å². The molecular formula is C16H22N2O2S. The number of hydrogen-bond donors (Lipinski definition) is 1. The normalized spacial score (nSPS) is 18.4. The van der Waals surface area contributed by atoms with Crippen molar-refractivity contribution in [1.29, 1.82) is 0 Å². The van der Waals surface area contributed by atoms with Gasteiger partial charge in [-0.25, -0.2) is 0 Å². The SMILES string of the molecule is CC(=O)Nc1ccc(SCC(=O)N2CCC[C@H](C)C2)cc1. The van der Waals surface area contributed by atoms with Crippen LogP contribution in [0.5, 0.6) is 0 Å². The van der Waals surface area contributed by atoms with Gasteiger partial charge < -0.3 is 10.2 Å². The summed E-state index contributed by atoms with van der Waals surface area (Å²) in [6.07, 6.45) is 2.34. The quantitative estimate of drug-likeness (QED) is 0.870.